The van der Waals surface area contributed by atoms with Gasteiger partial charge in [0.1, 0.15) is 0 Å². The number of nitrogens with zero attached hydrogens (tertiary/aromatic N) is 2. The molecule has 2 heterocycles. The average molecular weight is 905 g/mol. The van der Waals surface area contributed by atoms with Gasteiger partial charge in [0.25, 0.3) is 6.71 Å². The third-order valence-electron chi connectivity index (χ3n) is 16.3. The van der Waals surface area contributed by atoms with Crippen LogP contribution in [0.15, 0.2) is 212 Å². The van der Waals surface area contributed by atoms with Crippen LogP contribution in [-0.4, -0.2) is 6.71 Å². The van der Waals surface area contributed by atoms with E-state index < -0.39 is 0 Å². The smallest absolute Gasteiger partial charge is 0.252 e. The average Bonchev–Trinajstić information content (AvgIpc) is 3.43. The van der Waals surface area contributed by atoms with Gasteiger partial charge >= 0.3 is 0 Å². The van der Waals surface area contributed by atoms with Crippen LogP contribution in [0.4, 0.5) is 34.1 Å². The Hall–Kier alpha value is -8.40. The molecular formula is C68H49BN2. The number of rotatable bonds is 4. The zero-order valence-corrected chi connectivity index (χ0v) is 40.3. The zero-order valence-electron chi connectivity index (χ0n) is 40.3. The Morgan fingerprint density at radius 1 is 0.296 bits per heavy atom. The first-order chi connectivity index (χ1) is 34.9. The molecule has 2 aliphatic heterocycles. The summed E-state index contributed by atoms with van der Waals surface area (Å²) in [5.41, 5.74) is 14.2. The second-order valence-electron chi connectivity index (χ2n) is 20.6. The van der Waals surface area contributed by atoms with Crippen molar-refractivity contribution in [3.63, 3.8) is 0 Å². The lowest BCUT2D eigenvalue weighted by atomic mass is 9.33. The number of benzene rings is 13. The number of hydrogen-bond donors (Lipinski definition) is 0. The molecule has 334 valence electrons. The minimum Gasteiger partial charge on any atom is -0.311 e. The van der Waals surface area contributed by atoms with E-state index in [0.717, 1.165) is 5.69 Å². The molecule has 0 atom stereocenters. The molecular weight excluding hydrogens is 856 g/mol. The maximum absolute atomic E-state index is 2.67. The van der Waals surface area contributed by atoms with Gasteiger partial charge in [-0.15, -0.1) is 0 Å². The Morgan fingerprint density at radius 3 is 1.14 bits per heavy atom. The highest BCUT2D eigenvalue weighted by atomic mass is 15.2. The molecule has 3 heteroatoms. The Bertz CT molecular complexity index is 4370. The van der Waals surface area contributed by atoms with Gasteiger partial charge in [-0.05, 0) is 140 Å². The van der Waals surface area contributed by atoms with Crippen molar-refractivity contribution >= 4 is 143 Å². The molecule has 71 heavy (non-hydrogen) atoms. The van der Waals surface area contributed by atoms with E-state index in [-0.39, 0.29) is 6.71 Å². The number of hydrogen-bond acceptors (Lipinski definition) is 2. The fourth-order valence-corrected chi connectivity index (χ4v) is 13.3. The third kappa shape index (κ3) is 5.55. The van der Waals surface area contributed by atoms with E-state index in [2.05, 4.69) is 250 Å². The normalized spacial score (nSPS) is 13.2. The van der Waals surface area contributed by atoms with E-state index >= 15 is 0 Å². The van der Waals surface area contributed by atoms with Gasteiger partial charge in [0.15, 0.2) is 0 Å². The highest BCUT2D eigenvalue weighted by molar-refractivity contribution is 7.01. The molecule has 0 amide bonds. The molecule has 0 aliphatic carbocycles. The van der Waals surface area contributed by atoms with Gasteiger partial charge in [-0.3, -0.25) is 0 Å². The second-order valence-corrected chi connectivity index (χ2v) is 20.6. The molecule has 0 unspecified atom stereocenters. The summed E-state index contributed by atoms with van der Waals surface area (Å²) in [5.74, 6) is 0.630. The molecule has 0 saturated carbocycles. The van der Waals surface area contributed by atoms with Crippen LogP contribution >= 0.6 is 0 Å². The van der Waals surface area contributed by atoms with Crippen LogP contribution in [0, 0.1) is 0 Å². The summed E-state index contributed by atoms with van der Waals surface area (Å²) in [6, 6.07) is 80.9. The second kappa shape index (κ2) is 15.1. The van der Waals surface area contributed by atoms with Crippen LogP contribution in [0.5, 0.6) is 0 Å². The third-order valence-corrected chi connectivity index (χ3v) is 16.3. The first-order valence-electron chi connectivity index (χ1n) is 25.4. The van der Waals surface area contributed by atoms with Gasteiger partial charge in [0, 0.05) is 44.6 Å². The highest BCUT2D eigenvalue weighted by Gasteiger charge is 2.45. The van der Waals surface area contributed by atoms with E-state index in [0.29, 0.717) is 11.8 Å². The lowest BCUT2D eigenvalue weighted by Gasteiger charge is -2.45. The molecule has 13 aromatic rings. The summed E-state index contributed by atoms with van der Waals surface area (Å²) >= 11 is 0. The summed E-state index contributed by atoms with van der Waals surface area (Å²) in [7, 11) is 0. The van der Waals surface area contributed by atoms with Crippen molar-refractivity contribution in [3.8, 4) is 0 Å². The van der Waals surface area contributed by atoms with Crippen molar-refractivity contribution in [2.24, 2.45) is 0 Å². The minimum absolute atomic E-state index is 0.0410. The summed E-state index contributed by atoms with van der Waals surface area (Å²) in [6.07, 6.45) is 0. The fraction of sp³-hybridized carbons (Fsp3) is 0.0882. The molecule has 0 radical (unpaired) electrons. The number of fused-ring (bicyclic) bond motifs is 20. The van der Waals surface area contributed by atoms with Crippen molar-refractivity contribution in [1.29, 1.82) is 0 Å². The van der Waals surface area contributed by atoms with Gasteiger partial charge in [-0.25, -0.2) is 0 Å². The highest BCUT2D eigenvalue weighted by Crippen LogP contribution is 2.52. The lowest BCUT2D eigenvalue weighted by molar-refractivity contribution is 0.877. The summed E-state index contributed by atoms with van der Waals surface area (Å²) < 4.78 is 0. The maximum Gasteiger partial charge on any atom is 0.252 e. The topological polar surface area (TPSA) is 6.48 Å². The van der Waals surface area contributed by atoms with Crippen LogP contribution in [-0.2, 0) is 0 Å². The van der Waals surface area contributed by atoms with Gasteiger partial charge in [0.05, 0.1) is 5.69 Å². The zero-order chi connectivity index (χ0) is 47.2. The Morgan fingerprint density at radius 2 is 0.648 bits per heavy atom. The molecule has 0 fully saturated rings. The standard InChI is InChI=1S/C68H49BN2/c1-40(2)57-38-60-67(55-29-15-12-26-50(55)57)70(42-35-36-52-45-21-6-5-19-43(45)44-20-8-10-25-49(44)59(52)37-42)63-33-18-34-64-66(63)69(60)61-39-58(41(3)4)51-27-13-16-30-56(51)68(61)71(64)62-32-17-31-54-48-23-9-7-22-46(48)47-24-11-14-28-53(47)65(54)62/h5-41H,1-4H3. The van der Waals surface area contributed by atoms with E-state index in [9.17, 15) is 0 Å². The van der Waals surface area contributed by atoms with Gasteiger partial charge in [-0.1, -0.05) is 210 Å². The molecule has 0 aromatic heterocycles. The van der Waals surface area contributed by atoms with Crippen LogP contribution < -0.4 is 26.2 Å². The van der Waals surface area contributed by atoms with Crippen molar-refractivity contribution < 1.29 is 0 Å². The largest absolute Gasteiger partial charge is 0.311 e. The van der Waals surface area contributed by atoms with E-state index in [4.69, 9.17) is 0 Å². The Labute approximate surface area is 414 Å². The molecule has 15 rings (SSSR count). The SMILES string of the molecule is CC(C)c1cc2c(c3ccccc13)N(c1ccc3c4ccccc4c4ccccc4c3c1)c1cccc3c1B2c1cc(C(C)C)c2ccccc2c1N3c1cccc2c3ccccc3c3ccccc3c12. The molecule has 0 N–H and O–H groups in total. The molecule has 2 aliphatic rings. The summed E-state index contributed by atoms with van der Waals surface area (Å²) in [6.45, 7) is 9.42. The van der Waals surface area contributed by atoms with Gasteiger partial charge in [-0.2, -0.15) is 0 Å². The van der Waals surface area contributed by atoms with Crippen LogP contribution in [0.3, 0.4) is 0 Å². The van der Waals surface area contributed by atoms with Gasteiger partial charge < -0.3 is 9.80 Å². The molecule has 0 spiro atoms. The first-order valence-corrected chi connectivity index (χ1v) is 25.4. The van der Waals surface area contributed by atoms with E-state index in [1.54, 1.807) is 0 Å². The minimum atomic E-state index is -0.0410. The van der Waals surface area contributed by atoms with Crippen LogP contribution in [0.2, 0.25) is 0 Å². The first kappa shape index (κ1) is 40.5. The quantitative estimate of drug-likeness (QED) is 0.128. The fourth-order valence-electron chi connectivity index (χ4n) is 13.3. The molecule has 0 bridgehead atoms. The van der Waals surface area contributed by atoms with Crippen LogP contribution in [0.25, 0.3) is 86.2 Å². The predicted octanol–water partition coefficient (Wildman–Crippen LogP) is 17.2. The Kier molecular flexibility index (Phi) is 8.58. The Balaban J connectivity index is 1.12. The predicted molar refractivity (Wildman–Crippen MR) is 309 cm³/mol. The molecule has 2 nitrogen and oxygen atoms in total. The summed E-state index contributed by atoms with van der Waals surface area (Å²) in [4.78, 5) is 5.31. The van der Waals surface area contributed by atoms with Gasteiger partial charge in [0.2, 0.25) is 0 Å². The lowest BCUT2D eigenvalue weighted by Crippen LogP contribution is -2.61. The van der Waals surface area contributed by atoms with Crippen molar-refractivity contribution in [1.82, 2.24) is 0 Å². The molecule has 0 saturated heterocycles. The van der Waals surface area contributed by atoms with Crippen molar-refractivity contribution in [3.05, 3.63) is 223 Å². The molecule has 13 aromatic carbocycles. The van der Waals surface area contributed by atoms with E-state index in [1.807, 2.05) is 0 Å². The summed E-state index contributed by atoms with van der Waals surface area (Å²) in [5, 5.41) is 20.5. The number of anilines is 6. The van der Waals surface area contributed by atoms with Crippen molar-refractivity contribution in [2.45, 2.75) is 39.5 Å². The maximum atomic E-state index is 2.67. The van der Waals surface area contributed by atoms with E-state index in [1.165, 1.54) is 142 Å². The van der Waals surface area contributed by atoms with Crippen molar-refractivity contribution in [2.75, 3.05) is 9.80 Å². The van der Waals surface area contributed by atoms with Crippen LogP contribution in [0.1, 0.15) is 50.7 Å². The monoisotopic (exact) mass is 904 g/mol.